The molecule has 4 aromatic rings. The van der Waals surface area contributed by atoms with E-state index in [9.17, 15) is 9.18 Å². The minimum absolute atomic E-state index is 0.134. The molecule has 0 saturated carbocycles. The minimum Gasteiger partial charge on any atom is -0.457 e. The molecule has 5 nitrogen and oxygen atoms in total. The van der Waals surface area contributed by atoms with Crippen LogP contribution in [0.15, 0.2) is 77.3 Å². The first kappa shape index (κ1) is 17.7. The van der Waals surface area contributed by atoms with E-state index in [0.717, 1.165) is 10.9 Å². The van der Waals surface area contributed by atoms with Gasteiger partial charge in [-0.1, -0.05) is 29.4 Å². The Morgan fingerprint density at radius 3 is 2.39 bits per heavy atom. The van der Waals surface area contributed by atoms with Crippen LogP contribution < -0.4 is 10.1 Å². The van der Waals surface area contributed by atoms with Gasteiger partial charge in [0.25, 0.3) is 0 Å². The molecule has 1 amide bonds. The van der Waals surface area contributed by atoms with Crippen LogP contribution in [0.3, 0.4) is 0 Å². The molecule has 0 fully saturated rings. The largest absolute Gasteiger partial charge is 0.457 e. The number of nitrogens with zero attached hydrogens (tertiary/aromatic N) is 1. The molecule has 0 spiro atoms. The lowest BCUT2D eigenvalue weighted by atomic mass is 10.1. The zero-order valence-corrected chi connectivity index (χ0v) is 14.9. The molecule has 140 valence electrons. The first-order chi connectivity index (χ1) is 13.7. The topological polar surface area (TPSA) is 64.4 Å². The lowest BCUT2D eigenvalue weighted by molar-refractivity contribution is -0.120. The van der Waals surface area contributed by atoms with Gasteiger partial charge in [-0.05, 0) is 54.1 Å². The molecule has 0 aliphatic carbocycles. The summed E-state index contributed by atoms with van der Waals surface area (Å²) in [4.78, 5) is 12.2. The average molecular weight is 376 g/mol. The zero-order chi connectivity index (χ0) is 19.3. The zero-order valence-electron chi connectivity index (χ0n) is 14.9. The number of nitrogens with one attached hydrogen (secondary N) is 1. The Bertz CT molecular complexity index is 1090. The number of halogens is 1. The van der Waals surface area contributed by atoms with Crippen LogP contribution >= 0.6 is 0 Å². The molecule has 0 aliphatic rings. The standard InChI is InChI=1S/C22H17FN2O3/c23-16-7-11-18(12-8-16)27-17-9-5-15(6-10-17)14-24-22(26)13-20-19-3-1-2-4-21(19)28-25-20/h1-12H,13-14H2,(H,24,26). The highest BCUT2D eigenvalue weighted by Gasteiger charge is 2.11. The molecular weight excluding hydrogens is 359 g/mol. The normalized spacial score (nSPS) is 10.8. The summed E-state index contributed by atoms with van der Waals surface area (Å²) in [6.07, 6.45) is 0.156. The Labute approximate surface area is 160 Å². The highest BCUT2D eigenvalue weighted by atomic mass is 19.1. The number of benzene rings is 3. The summed E-state index contributed by atoms with van der Waals surface area (Å²) in [5.74, 6) is 0.751. The van der Waals surface area contributed by atoms with Crippen LogP contribution in [0.5, 0.6) is 11.5 Å². The maximum absolute atomic E-state index is 12.9. The number of fused-ring (bicyclic) bond motifs is 1. The van der Waals surface area contributed by atoms with Gasteiger partial charge < -0.3 is 14.6 Å². The summed E-state index contributed by atoms with van der Waals surface area (Å²) in [5, 5.41) is 7.69. The van der Waals surface area contributed by atoms with E-state index in [1.165, 1.54) is 12.1 Å². The molecule has 28 heavy (non-hydrogen) atoms. The van der Waals surface area contributed by atoms with E-state index < -0.39 is 0 Å². The highest BCUT2D eigenvalue weighted by molar-refractivity contribution is 5.86. The number of hydrogen-bond donors (Lipinski definition) is 1. The number of amides is 1. The van der Waals surface area contributed by atoms with Gasteiger partial charge in [-0.3, -0.25) is 4.79 Å². The van der Waals surface area contributed by atoms with E-state index in [0.29, 0.717) is 29.3 Å². The van der Waals surface area contributed by atoms with Crippen molar-refractivity contribution >= 4 is 16.9 Å². The molecule has 0 radical (unpaired) electrons. The molecule has 1 aromatic heterocycles. The summed E-state index contributed by atoms with van der Waals surface area (Å²) in [6, 6.07) is 20.6. The molecular formula is C22H17FN2O3. The predicted octanol–water partition coefficient (Wildman–Crippen LogP) is 4.62. The second kappa shape index (κ2) is 7.92. The molecule has 6 heteroatoms. The van der Waals surface area contributed by atoms with Gasteiger partial charge in [0.05, 0.1) is 6.42 Å². The predicted molar refractivity (Wildman–Crippen MR) is 102 cm³/mol. The third-order valence-electron chi connectivity index (χ3n) is 4.24. The van der Waals surface area contributed by atoms with Crippen molar-refractivity contribution in [2.45, 2.75) is 13.0 Å². The van der Waals surface area contributed by atoms with Crippen molar-refractivity contribution in [1.29, 1.82) is 0 Å². The molecule has 3 aromatic carbocycles. The van der Waals surface area contributed by atoms with Crippen molar-refractivity contribution in [3.63, 3.8) is 0 Å². The summed E-state index contributed by atoms with van der Waals surface area (Å²) in [6.45, 7) is 0.394. The van der Waals surface area contributed by atoms with Crippen molar-refractivity contribution < 1.29 is 18.4 Å². The van der Waals surface area contributed by atoms with Gasteiger partial charge in [0.2, 0.25) is 5.91 Å². The Hall–Kier alpha value is -3.67. The third-order valence-corrected chi connectivity index (χ3v) is 4.24. The fraction of sp³-hybridized carbons (Fsp3) is 0.0909. The Balaban J connectivity index is 1.32. The first-order valence-corrected chi connectivity index (χ1v) is 8.80. The van der Waals surface area contributed by atoms with E-state index in [2.05, 4.69) is 10.5 Å². The smallest absolute Gasteiger partial charge is 0.226 e. The van der Waals surface area contributed by atoms with Crippen molar-refractivity contribution in [1.82, 2.24) is 10.5 Å². The fourth-order valence-electron chi connectivity index (χ4n) is 2.79. The second-order valence-electron chi connectivity index (χ2n) is 6.28. The molecule has 0 bridgehead atoms. The number of carbonyl (C=O) groups excluding carboxylic acids is 1. The molecule has 0 unspecified atom stereocenters. The molecule has 0 aliphatic heterocycles. The van der Waals surface area contributed by atoms with E-state index in [4.69, 9.17) is 9.26 Å². The van der Waals surface area contributed by atoms with Gasteiger partial charge in [0, 0.05) is 11.9 Å². The van der Waals surface area contributed by atoms with Crippen molar-refractivity contribution in [3.8, 4) is 11.5 Å². The van der Waals surface area contributed by atoms with Gasteiger partial charge >= 0.3 is 0 Å². The maximum atomic E-state index is 12.9. The second-order valence-corrected chi connectivity index (χ2v) is 6.28. The summed E-state index contributed by atoms with van der Waals surface area (Å²) < 4.78 is 23.8. The molecule has 0 saturated heterocycles. The number of hydrogen-bond acceptors (Lipinski definition) is 4. The molecule has 4 rings (SSSR count). The summed E-state index contributed by atoms with van der Waals surface area (Å²) in [5.41, 5.74) is 2.23. The van der Waals surface area contributed by atoms with Crippen molar-refractivity contribution in [2.24, 2.45) is 0 Å². The molecule has 1 N–H and O–H groups in total. The van der Waals surface area contributed by atoms with Crippen LogP contribution in [0.2, 0.25) is 0 Å². The molecule has 0 atom stereocenters. The van der Waals surface area contributed by atoms with Crippen LogP contribution in [0, 0.1) is 5.82 Å². The Morgan fingerprint density at radius 1 is 0.964 bits per heavy atom. The monoisotopic (exact) mass is 376 g/mol. The van der Waals surface area contributed by atoms with Crippen LogP contribution in [-0.2, 0) is 17.8 Å². The van der Waals surface area contributed by atoms with Gasteiger partial charge in [0.1, 0.15) is 23.0 Å². The third kappa shape index (κ3) is 4.17. The summed E-state index contributed by atoms with van der Waals surface area (Å²) in [7, 11) is 0. The SMILES string of the molecule is O=C(Cc1noc2ccccc12)NCc1ccc(Oc2ccc(F)cc2)cc1. The van der Waals surface area contributed by atoms with Gasteiger partial charge in [-0.25, -0.2) is 4.39 Å². The van der Waals surface area contributed by atoms with Crippen LogP contribution in [0.1, 0.15) is 11.3 Å². The highest BCUT2D eigenvalue weighted by Crippen LogP contribution is 2.22. The number of para-hydroxylation sites is 1. The quantitative estimate of drug-likeness (QED) is 0.533. The Kier molecular flexibility index (Phi) is 5.01. The molecule has 1 heterocycles. The number of aromatic nitrogens is 1. The maximum Gasteiger partial charge on any atom is 0.226 e. The number of rotatable bonds is 6. The van der Waals surface area contributed by atoms with Crippen LogP contribution in [0.25, 0.3) is 11.0 Å². The Morgan fingerprint density at radius 2 is 1.64 bits per heavy atom. The average Bonchev–Trinajstić information content (AvgIpc) is 3.12. The number of carbonyl (C=O) groups is 1. The lowest BCUT2D eigenvalue weighted by Gasteiger charge is -2.08. The summed E-state index contributed by atoms with van der Waals surface area (Å²) >= 11 is 0. The van der Waals surface area contributed by atoms with Gasteiger partial charge in [-0.15, -0.1) is 0 Å². The lowest BCUT2D eigenvalue weighted by Crippen LogP contribution is -2.24. The number of ether oxygens (including phenoxy) is 1. The van der Waals surface area contributed by atoms with Gasteiger partial charge in [-0.2, -0.15) is 0 Å². The van der Waals surface area contributed by atoms with Gasteiger partial charge in [0.15, 0.2) is 5.58 Å². The van der Waals surface area contributed by atoms with E-state index >= 15 is 0 Å². The van der Waals surface area contributed by atoms with E-state index in [1.807, 2.05) is 36.4 Å². The van der Waals surface area contributed by atoms with Crippen molar-refractivity contribution in [2.75, 3.05) is 0 Å². The van der Waals surface area contributed by atoms with E-state index in [1.54, 1.807) is 24.3 Å². The minimum atomic E-state index is -0.308. The van der Waals surface area contributed by atoms with Crippen LogP contribution in [0.4, 0.5) is 4.39 Å². The fourth-order valence-corrected chi connectivity index (χ4v) is 2.79. The van der Waals surface area contributed by atoms with Crippen molar-refractivity contribution in [3.05, 3.63) is 89.9 Å². The van der Waals surface area contributed by atoms with Crippen LogP contribution in [-0.4, -0.2) is 11.1 Å². The first-order valence-electron chi connectivity index (χ1n) is 8.80. The van der Waals surface area contributed by atoms with E-state index in [-0.39, 0.29) is 18.1 Å².